The van der Waals surface area contributed by atoms with Gasteiger partial charge in [-0.2, -0.15) is 5.26 Å². The fourth-order valence-electron chi connectivity index (χ4n) is 2.89. The summed E-state index contributed by atoms with van der Waals surface area (Å²) < 4.78 is 13.3. The minimum absolute atomic E-state index is 0.335. The summed E-state index contributed by atoms with van der Waals surface area (Å²) in [6.45, 7) is 0.335. The van der Waals surface area contributed by atoms with Crippen LogP contribution in [0.2, 0.25) is 5.02 Å². The number of nitriles is 1. The van der Waals surface area contributed by atoms with Crippen molar-refractivity contribution in [3.63, 3.8) is 0 Å². The molecule has 154 valence electrons. The number of hydrogen-bond donors (Lipinski definition) is 0. The molecule has 4 rings (SSSR count). The Hall–Kier alpha value is -2.98. The summed E-state index contributed by atoms with van der Waals surface area (Å²) in [4.78, 5) is 5.13. The van der Waals surface area contributed by atoms with Gasteiger partial charge in [-0.1, -0.05) is 48.0 Å². The number of allylic oxidation sites excluding steroid dienone is 1. The molecule has 0 N–H and O–H groups in total. The molecular weight excluding hydrogens is 448 g/mol. The summed E-state index contributed by atoms with van der Waals surface area (Å²) in [5.41, 5.74) is 2.68. The van der Waals surface area contributed by atoms with Crippen LogP contribution in [0.5, 0.6) is 11.5 Å². The van der Waals surface area contributed by atoms with Gasteiger partial charge in [-0.05, 0) is 53.7 Å². The van der Waals surface area contributed by atoms with Gasteiger partial charge in [0.15, 0.2) is 15.8 Å². The summed E-state index contributed by atoms with van der Waals surface area (Å²) in [6, 6.07) is 23.3. The number of halogens is 1. The number of hydrogen-bond acceptors (Lipinski definition) is 6. The molecule has 31 heavy (non-hydrogen) atoms. The van der Waals surface area contributed by atoms with Crippen LogP contribution in [0.3, 0.4) is 0 Å². The zero-order chi connectivity index (χ0) is 21.6. The first-order chi connectivity index (χ1) is 15.2. The van der Waals surface area contributed by atoms with Crippen LogP contribution in [-0.4, -0.2) is 12.1 Å². The third kappa shape index (κ3) is 5.20. The zero-order valence-electron chi connectivity index (χ0n) is 16.5. The van der Waals surface area contributed by atoms with Crippen LogP contribution in [0.25, 0.3) is 16.3 Å². The van der Waals surface area contributed by atoms with E-state index in [2.05, 4.69) is 11.1 Å². The molecule has 0 saturated heterocycles. The smallest absolute Gasteiger partial charge is 0.161 e. The summed E-state index contributed by atoms with van der Waals surface area (Å²) in [7, 11) is 1.59. The number of methoxy groups -OCH3 is 1. The maximum absolute atomic E-state index is 9.61. The number of thioether (sulfide) groups is 1. The van der Waals surface area contributed by atoms with Crippen molar-refractivity contribution in [2.75, 3.05) is 7.11 Å². The lowest BCUT2D eigenvalue weighted by Gasteiger charge is -2.12. The van der Waals surface area contributed by atoms with Crippen LogP contribution >= 0.6 is 34.7 Å². The molecule has 0 fully saturated rings. The van der Waals surface area contributed by atoms with Crippen molar-refractivity contribution in [2.45, 2.75) is 10.9 Å². The largest absolute Gasteiger partial charge is 0.493 e. The van der Waals surface area contributed by atoms with Crippen molar-refractivity contribution in [3.05, 3.63) is 87.8 Å². The molecule has 4 nitrogen and oxygen atoms in total. The molecule has 0 saturated carbocycles. The molecule has 1 aromatic heterocycles. The van der Waals surface area contributed by atoms with Gasteiger partial charge in [0.2, 0.25) is 0 Å². The van der Waals surface area contributed by atoms with Gasteiger partial charge in [0.05, 0.1) is 22.2 Å². The number of thiazole rings is 1. The highest BCUT2D eigenvalue weighted by molar-refractivity contribution is 8.05. The first-order valence-corrected chi connectivity index (χ1v) is 11.4. The van der Waals surface area contributed by atoms with Crippen LogP contribution in [-0.2, 0) is 6.61 Å². The van der Waals surface area contributed by atoms with Crippen molar-refractivity contribution in [2.24, 2.45) is 0 Å². The van der Waals surface area contributed by atoms with E-state index in [0.29, 0.717) is 28.0 Å². The van der Waals surface area contributed by atoms with E-state index in [1.54, 1.807) is 18.4 Å². The second-order valence-electron chi connectivity index (χ2n) is 6.46. The first-order valence-electron chi connectivity index (χ1n) is 9.36. The number of ether oxygens (including phenoxy) is 2. The van der Waals surface area contributed by atoms with Gasteiger partial charge in [-0.25, -0.2) is 4.98 Å². The van der Waals surface area contributed by atoms with Gasteiger partial charge in [0, 0.05) is 10.6 Å². The highest BCUT2D eigenvalue weighted by Gasteiger charge is 2.10. The van der Waals surface area contributed by atoms with Crippen molar-refractivity contribution in [1.29, 1.82) is 5.26 Å². The maximum atomic E-state index is 9.61. The van der Waals surface area contributed by atoms with Crippen LogP contribution in [0.1, 0.15) is 11.1 Å². The van der Waals surface area contributed by atoms with Crippen LogP contribution in [0.4, 0.5) is 0 Å². The molecule has 0 bridgehead atoms. The Morgan fingerprint density at radius 1 is 1.13 bits per heavy atom. The van der Waals surface area contributed by atoms with E-state index < -0.39 is 0 Å². The average molecular weight is 465 g/mol. The fourth-order valence-corrected chi connectivity index (χ4v) is 5.05. The predicted molar refractivity (Wildman–Crippen MR) is 128 cm³/mol. The Morgan fingerprint density at radius 3 is 2.71 bits per heavy atom. The van der Waals surface area contributed by atoms with E-state index in [9.17, 15) is 5.26 Å². The Morgan fingerprint density at radius 2 is 1.94 bits per heavy atom. The minimum atomic E-state index is 0.335. The topological polar surface area (TPSA) is 55.1 Å². The van der Waals surface area contributed by atoms with Crippen molar-refractivity contribution in [1.82, 2.24) is 4.98 Å². The molecule has 0 spiro atoms. The second kappa shape index (κ2) is 9.88. The van der Waals surface area contributed by atoms with E-state index >= 15 is 0 Å². The van der Waals surface area contributed by atoms with Crippen LogP contribution in [0.15, 0.2) is 76.0 Å². The number of benzene rings is 3. The molecule has 0 unspecified atom stereocenters. The van der Waals surface area contributed by atoms with Gasteiger partial charge in [-0.15, -0.1) is 11.3 Å². The Kier molecular flexibility index (Phi) is 6.78. The van der Waals surface area contributed by atoms with Crippen LogP contribution < -0.4 is 9.47 Å². The third-order valence-electron chi connectivity index (χ3n) is 4.41. The van der Waals surface area contributed by atoms with Crippen molar-refractivity contribution >= 4 is 51.0 Å². The van der Waals surface area contributed by atoms with Gasteiger partial charge in [0.25, 0.3) is 0 Å². The highest BCUT2D eigenvalue weighted by atomic mass is 35.5. The number of nitrogens with zero attached hydrogens (tertiary/aromatic N) is 2. The summed E-state index contributed by atoms with van der Waals surface area (Å²) in [6.07, 6.45) is 1.82. The Balaban J connectivity index is 1.52. The van der Waals surface area contributed by atoms with Crippen molar-refractivity contribution < 1.29 is 9.47 Å². The lowest BCUT2D eigenvalue weighted by atomic mass is 10.2. The van der Waals surface area contributed by atoms with E-state index in [4.69, 9.17) is 21.1 Å². The molecule has 4 aromatic rings. The van der Waals surface area contributed by atoms with Gasteiger partial charge in [-0.3, -0.25) is 0 Å². The quantitative estimate of drug-likeness (QED) is 0.214. The number of aromatic nitrogens is 1. The molecule has 0 atom stereocenters. The molecule has 3 aromatic carbocycles. The zero-order valence-corrected chi connectivity index (χ0v) is 18.9. The molecule has 0 radical (unpaired) electrons. The van der Waals surface area contributed by atoms with E-state index in [0.717, 1.165) is 25.7 Å². The first kappa shape index (κ1) is 21.3. The van der Waals surface area contributed by atoms with Crippen molar-refractivity contribution in [3.8, 4) is 17.6 Å². The molecule has 0 aliphatic heterocycles. The average Bonchev–Trinajstić information content (AvgIpc) is 3.21. The number of para-hydroxylation sites is 1. The monoisotopic (exact) mass is 464 g/mol. The molecule has 0 aliphatic carbocycles. The fraction of sp³-hybridized carbons (Fsp3) is 0.0833. The SMILES string of the molecule is COc1cc(C=C(C#N)Sc2nc3ccccc3s2)ccc1OCc1ccccc1Cl. The highest BCUT2D eigenvalue weighted by Crippen LogP contribution is 2.35. The van der Waals surface area contributed by atoms with Gasteiger partial charge >= 0.3 is 0 Å². The second-order valence-corrected chi connectivity index (χ2v) is 9.19. The number of fused-ring (bicyclic) bond motifs is 1. The maximum Gasteiger partial charge on any atom is 0.161 e. The molecule has 7 heteroatoms. The Labute approximate surface area is 193 Å². The standard InChI is InChI=1S/C24H17ClN2O2S2/c1-28-22-13-16(10-11-21(22)29-15-17-6-2-3-7-19(17)25)12-18(14-26)30-24-27-20-8-4-5-9-23(20)31-24/h2-13H,15H2,1H3. The lowest BCUT2D eigenvalue weighted by molar-refractivity contribution is 0.284. The normalized spacial score (nSPS) is 11.3. The lowest BCUT2D eigenvalue weighted by Crippen LogP contribution is -1.98. The molecule has 0 aliphatic rings. The molecular formula is C24H17ClN2O2S2. The number of rotatable bonds is 7. The van der Waals surface area contributed by atoms with Crippen LogP contribution in [0, 0.1) is 11.3 Å². The third-order valence-corrected chi connectivity index (χ3v) is 6.80. The van der Waals surface area contributed by atoms with E-state index in [1.807, 2.05) is 72.8 Å². The van der Waals surface area contributed by atoms with Gasteiger partial charge in [0.1, 0.15) is 12.7 Å². The summed E-state index contributed by atoms with van der Waals surface area (Å²) in [5.74, 6) is 1.19. The molecule has 1 heterocycles. The predicted octanol–water partition coefficient (Wildman–Crippen LogP) is 7.19. The summed E-state index contributed by atoms with van der Waals surface area (Å²) >= 11 is 9.13. The van der Waals surface area contributed by atoms with E-state index in [1.165, 1.54) is 11.8 Å². The molecule has 0 amide bonds. The van der Waals surface area contributed by atoms with E-state index in [-0.39, 0.29) is 0 Å². The Bertz CT molecular complexity index is 1260. The summed E-state index contributed by atoms with van der Waals surface area (Å²) in [5, 5.41) is 10.3. The minimum Gasteiger partial charge on any atom is -0.493 e. The van der Waals surface area contributed by atoms with Gasteiger partial charge < -0.3 is 9.47 Å².